The number of aryl methyl sites for hydroxylation is 2. The molecule has 0 amide bonds. The molecule has 1 N–H and O–H groups in total. The molecule has 21 heavy (non-hydrogen) atoms. The first-order valence-corrected chi connectivity index (χ1v) is 7.61. The molecule has 0 saturated carbocycles. The van der Waals surface area contributed by atoms with Gasteiger partial charge in [-0.3, -0.25) is 14.2 Å². The first kappa shape index (κ1) is 14.0. The number of fused-ring (bicyclic) bond motifs is 3. The Morgan fingerprint density at radius 2 is 2.29 bits per heavy atom. The molecule has 0 aromatic carbocycles. The van der Waals surface area contributed by atoms with Crippen molar-refractivity contribution in [2.24, 2.45) is 0 Å². The molecule has 0 spiro atoms. The summed E-state index contributed by atoms with van der Waals surface area (Å²) in [4.78, 5) is 30.3. The molecule has 5 nitrogen and oxygen atoms in total. The maximum atomic E-state index is 12.8. The first-order valence-electron chi connectivity index (χ1n) is 6.80. The van der Waals surface area contributed by atoms with E-state index < -0.39 is 11.9 Å². The van der Waals surface area contributed by atoms with Gasteiger partial charge in [-0.05, 0) is 32.3 Å². The van der Waals surface area contributed by atoms with Crippen LogP contribution in [0.25, 0.3) is 10.2 Å². The Labute approximate surface area is 125 Å². The van der Waals surface area contributed by atoms with Gasteiger partial charge in [0, 0.05) is 11.4 Å². The average molecular weight is 304 g/mol. The van der Waals surface area contributed by atoms with Crippen LogP contribution in [0.4, 0.5) is 0 Å². The van der Waals surface area contributed by atoms with Gasteiger partial charge in [-0.25, -0.2) is 4.98 Å². The second kappa shape index (κ2) is 4.80. The van der Waals surface area contributed by atoms with Crippen LogP contribution in [-0.4, -0.2) is 20.6 Å². The highest BCUT2D eigenvalue weighted by atomic mass is 32.1. The van der Waals surface area contributed by atoms with Gasteiger partial charge in [0.2, 0.25) is 0 Å². The smallest absolute Gasteiger partial charge is 0.311 e. The molecule has 0 bridgehead atoms. The molecule has 1 unspecified atom stereocenters. The number of rotatable bonds is 3. The Balaban J connectivity index is 2.32. The van der Waals surface area contributed by atoms with E-state index in [1.165, 1.54) is 11.3 Å². The summed E-state index contributed by atoms with van der Waals surface area (Å²) in [5.41, 5.74) is 1.41. The number of carboxylic acids is 1. The summed E-state index contributed by atoms with van der Waals surface area (Å²) in [5.74, 6) is -0.800. The molecule has 0 saturated heterocycles. The maximum Gasteiger partial charge on any atom is 0.311 e. The van der Waals surface area contributed by atoms with Crippen LogP contribution in [-0.2, 0) is 17.8 Å². The Kier molecular flexibility index (Phi) is 3.20. The van der Waals surface area contributed by atoms with Crippen molar-refractivity contribution in [3.05, 3.63) is 38.8 Å². The molecule has 1 aliphatic carbocycles. The number of carbonyl (C=O) groups is 1. The molecule has 0 fully saturated rings. The van der Waals surface area contributed by atoms with Crippen LogP contribution in [0, 0.1) is 6.92 Å². The quantitative estimate of drug-likeness (QED) is 0.884. The summed E-state index contributed by atoms with van der Waals surface area (Å²) >= 11 is 1.45. The Morgan fingerprint density at radius 1 is 1.57 bits per heavy atom. The third kappa shape index (κ3) is 2.10. The van der Waals surface area contributed by atoms with Gasteiger partial charge >= 0.3 is 5.97 Å². The van der Waals surface area contributed by atoms with Crippen LogP contribution in [0.1, 0.15) is 35.5 Å². The molecule has 110 valence electrons. The summed E-state index contributed by atoms with van der Waals surface area (Å²) in [5, 5.41) is 9.85. The zero-order valence-corrected chi connectivity index (χ0v) is 12.8. The third-order valence-electron chi connectivity index (χ3n) is 3.85. The monoisotopic (exact) mass is 304 g/mol. The SMILES string of the molecule is C=C(C)Cn1c(C)nc2sc3c(c2c1=O)C(C(=O)O)CC3. The van der Waals surface area contributed by atoms with Gasteiger partial charge in [-0.15, -0.1) is 11.3 Å². The molecule has 2 heterocycles. The van der Waals surface area contributed by atoms with Crippen LogP contribution in [0.3, 0.4) is 0 Å². The lowest BCUT2D eigenvalue weighted by atomic mass is 10.0. The number of hydrogen-bond donors (Lipinski definition) is 1. The van der Waals surface area contributed by atoms with E-state index in [1.807, 2.05) is 6.92 Å². The van der Waals surface area contributed by atoms with E-state index in [1.54, 1.807) is 11.5 Å². The van der Waals surface area contributed by atoms with Crippen LogP contribution in [0.5, 0.6) is 0 Å². The maximum absolute atomic E-state index is 12.8. The van der Waals surface area contributed by atoms with Crippen LogP contribution < -0.4 is 5.56 Å². The lowest BCUT2D eigenvalue weighted by Gasteiger charge is -2.10. The Hall–Kier alpha value is -1.95. The predicted octanol–water partition coefficient (Wildman–Crippen LogP) is 2.46. The largest absolute Gasteiger partial charge is 0.481 e. The lowest BCUT2D eigenvalue weighted by molar-refractivity contribution is -0.138. The number of aliphatic carboxylic acids is 1. The third-order valence-corrected chi connectivity index (χ3v) is 5.01. The molecule has 1 atom stereocenters. The van der Waals surface area contributed by atoms with Crippen molar-refractivity contribution >= 4 is 27.5 Å². The van der Waals surface area contributed by atoms with Crippen molar-refractivity contribution in [3.8, 4) is 0 Å². The van der Waals surface area contributed by atoms with Gasteiger partial charge in [0.05, 0.1) is 11.3 Å². The fraction of sp³-hybridized carbons (Fsp3) is 0.400. The van der Waals surface area contributed by atoms with Gasteiger partial charge in [0.25, 0.3) is 5.56 Å². The summed E-state index contributed by atoms with van der Waals surface area (Å²) in [6, 6.07) is 0. The minimum atomic E-state index is -0.861. The standard InChI is InChI=1S/C15H16N2O3S/c1-7(2)6-17-8(3)16-13-12(14(17)18)11-9(15(19)20)4-5-10(11)21-13/h9H,1,4-6H2,2-3H3,(H,19,20). The van der Waals surface area contributed by atoms with E-state index in [0.29, 0.717) is 41.0 Å². The van der Waals surface area contributed by atoms with Crippen molar-refractivity contribution < 1.29 is 9.90 Å². The molecule has 6 heteroatoms. The predicted molar refractivity (Wildman–Crippen MR) is 82.1 cm³/mol. The van der Waals surface area contributed by atoms with Gasteiger partial charge in [0.15, 0.2) is 0 Å². The fourth-order valence-corrected chi connectivity index (χ4v) is 4.21. The second-order valence-corrected chi connectivity index (χ2v) is 6.64. The van der Waals surface area contributed by atoms with Crippen LogP contribution >= 0.6 is 11.3 Å². The van der Waals surface area contributed by atoms with E-state index in [-0.39, 0.29) is 5.56 Å². The summed E-state index contributed by atoms with van der Waals surface area (Å²) in [6.07, 6.45) is 1.28. The van der Waals surface area contributed by atoms with E-state index >= 15 is 0 Å². The zero-order chi connectivity index (χ0) is 15.3. The van der Waals surface area contributed by atoms with Crippen molar-refractivity contribution in [2.75, 3.05) is 0 Å². The molecule has 2 aromatic rings. The van der Waals surface area contributed by atoms with Gasteiger partial charge in [-0.1, -0.05) is 12.2 Å². The molecule has 2 aromatic heterocycles. The summed E-state index contributed by atoms with van der Waals surface area (Å²) in [7, 11) is 0. The highest BCUT2D eigenvalue weighted by Gasteiger charge is 2.34. The van der Waals surface area contributed by atoms with Crippen molar-refractivity contribution in [2.45, 2.75) is 39.2 Å². The lowest BCUT2D eigenvalue weighted by Crippen LogP contribution is -2.25. The second-order valence-electron chi connectivity index (χ2n) is 5.56. The Morgan fingerprint density at radius 3 is 2.90 bits per heavy atom. The minimum absolute atomic E-state index is 0.147. The van der Waals surface area contributed by atoms with E-state index in [2.05, 4.69) is 11.6 Å². The van der Waals surface area contributed by atoms with E-state index in [0.717, 1.165) is 10.5 Å². The zero-order valence-electron chi connectivity index (χ0n) is 12.0. The van der Waals surface area contributed by atoms with Crippen molar-refractivity contribution in [1.29, 1.82) is 0 Å². The van der Waals surface area contributed by atoms with Crippen LogP contribution in [0.15, 0.2) is 16.9 Å². The molecular formula is C15H16N2O3S. The molecule has 0 radical (unpaired) electrons. The molecular weight excluding hydrogens is 288 g/mol. The topological polar surface area (TPSA) is 72.2 Å². The van der Waals surface area contributed by atoms with Gasteiger partial charge in [-0.2, -0.15) is 0 Å². The summed E-state index contributed by atoms with van der Waals surface area (Å²) in [6.45, 7) is 7.90. The minimum Gasteiger partial charge on any atom is -0.481 e. The van der Waals surface area contributed by atoms with Gasteiger partial charge < -0.3 is 5.11 Å². The molecule has 0 aliphatic heterocycles. The Bertz CT molecular complexity index is 832. The summed E-state index contributed by atoms with van der Waals surface area (Å²) < 4.78 is 1.58. The highest BCUT2D eigenvalue weighted by Crippen LogP contribution is 2.42. The number of carboxylic acid groups (broad SMARTS) is 1. The van der Waals surface area contributed by atoms with Crippen LogP contribution in [0.2, 0.25) is 0 Å². The first-order chi connectivity index (χ1) is 9.90. The highest BCUT2D eigenvalue weighted by molar-refractivity contribution is 7.18. The number of thiophene rings is 1. The van der Waals surface area contributed by atoms with E-state index in [4.69, 9.17) is 0 Å². The normalized spacial score (nSPS) is 17.1. The number of allylic oxidation sites excluding steroid dienone is 1. The average Bonchev–Trinajstić information content (AvgIpc) is 2.91. The number of hydrogen-bond acceptors (Lipinski definition) is 4. The van der Waals surface area contributed by atoms with Gasteiger partial charge in [0.1, 0.15) is 10.7 Å². The van der Waals surface area contributed by atoms with Crippen molar-refractivity contribution in [1.82, 2.24) is 9.55 Å². The number of nitrogens with zero attached hydrogens (tertiary/aromatic N) is 2. The van der Waals surface area contributed by atoms with Crippen molar-refractivity contribution in [3.63, 3.8) is 0 Å². The fourth-order valence-electron chi connectivity index (χ4n) is 2.93. The van der Waals surface area contributed by atoms with E-state index in [9.17, 15) is 14.7 Å². The molecule has 3 rings (SSSR count). The number of aromatic nitrogens is 2. The molecule has 1 aliphatic rings.